The lowest BCUT2D eigenvalue weighted by Crippen LogP contribution is -2.36. The highest BCUT2D eigenvalue weighted by atomic mass is 35.5. The van der Waals surface area contributed by atoms with Crippen LogP contribution in [0.5, 0.6) is 5.75 Å². The molecule has 5 nitrogen and oxygen atoms in total. The van der Waals surface area contributed by atoms with Crippen molar-refractivity contribution in [1.82, 2.24) is 10.6 Å². The van der Waals surface area contributed by atoms with Crippen molar-refractivity contribution in [2.45, 2.75) is 0 Å². The fourth-order valence-electron chi connectivity index (χ4n) is 1.09. The zero-order chi connectivity index (χ0) is 13.5. The largest absolute Gasteiger partial charge is 0.489 e. The van der Waals surface area contributed by atoms with Crippen molar-refractivity contribution in [2.24, 2.45) is 0 Å². The van der Waals surface area contributed by atoms with E-state index in [2.05, 4.69) is 5.32 Å². The minimum absolute atomic E-state index is 0.146. The Morgan fingerprint density at radius 1 is 1.28 bits per heavy atom. The van der Waals surface area contributed by atoms with Crippen LogP contribution >= 0.6 is 34.8 Å². The number of benzene rings is 1. The highest BCUT2D eigenvalue weighted by Crippen LogP contribution is 2.35. The van der Waals surface area contributed by atoms with Crippen molar-refractivity contribution >= 4 is 47.2 Å². The van der Waals surface area contributed by atoms with Gasteiger partial charge in [-0.15, -0.1) is 0 Å². The van der Waals surface area contributed by atoms with E-state index in [0.717, 1.165) is 0 Å². The molecule has 0 aliphatic rings. The number of rotatable bonds is 5. The molecule has 1 aromatic rings. The quantitative estimate of drug-likeness (QED) is 0.648. The summed E-state index contributed by atoms with van der Waals surface area (Å²) >= 11 is 17.5. The van der Waals surface area contributed by atoms with Crippen LogP contribution < -0.4 is 15.4 Å². The minimum Gasteiger partial charge on any atom is -0.489 e. The van der Waals surface area contributed by atoms with Gasteiger partial charge in [-0.05, 0) is 12.1 Å². The van der Waals surface area contributed by atoms with Gasteiger partial charge in [-0.3, -0.25) is 10.1 Å². The van der Waals surface area contributed by atoms with E-state index in [9.17, 15) is 9.59 Å². The van der Waals surface area contributed by atoms with E-state index in [-0.39, 0.29) is 29.6 Å². The molecule has 3 amide bonds. The molecule has 8 heteroatoms. The first-order chi connectivity index (χ1) is 8.54. The van der Waals surface area contributed by atoms with Crippen molar-refractivity contribution in [3.63, 3.8) is 0 Å². The van der Waals surface area contributed by atoms with Crippen molar-refractivity contribution in [2.75, 3.05) is 13.2 Å². The van der Waals surface area contributed by atoms with Gasteiger partial charge in [0.05, 0.1) is 16.6 Å². The average molecular weight is 312 g/mol. The zero-order valence-electron chi connectivity index (χ0n) is 9.00. The van der Waals surface area contributed by atoms with Crippen molar-refractivity contribution < 1.29 is 14.3 Å². The van der Waals surface area contributed by atoms with E-state index < -0.39 is 6.03 Å². The van der Waals surface area contributed by atoms with Crippen LogP contribution in [0, 0.1) is 0 Å². The summed E-state index contributed by atoms with van der Waals surface area (Å²) in [6, 6.07) is 2.38. The summed E-state index contributed by atoms with van der Waals surface area (Å²) < 4.78 is 5.30. The Morgan fingerprint density at radius 2 is 1.89 bits per heavy atom. The summed E-state index contributed by atoms with van der Waals surface area (Å²) in [4.78, 5) is 20.8. The predicted molar refractivity (Wildman–Crippen MR) is 69.6 cm³/mol. The normalized spacial score (nSPS) is 9.72. The van der Waals surface area contributed by atoms with Crippen LogP contribution in [0.4, 0.5) is 4.79 Å². The summed E-state index contributed by atoms with van der Waals surface area (Å²) in [5, 5.41) is 5.27. The van der Waals surface area contributed by atoms with Gasteiger partial charge in [-0.1, -0.05) is 34.8 Å². The molecule has 0 fully saturated rings. The topological polar surface area (TPSA) is 67.4 Å². The molecule has 0 spiro atoms. The van der Waals surface area contributed by atoms with E-state index in [1.807, 2.05) is 5.32 Å². The number of nitrogens with one attached hydrogen (secondary N) is 2. The molecule has 0 bridgehead atoms. The summed E-state index contributed by atoms with van der Waals surface area (Å²) in [7, 11) is 0. The van der Waals surface area contributed by atoms with E-state index in [1.54, 1.807) is 0 Å². The van der Waals surface area contributed by atoms with Crippen LogP contribution in [0.2, 0.25) is 15.1 Å². The Balaban J connectivity index is 2.45. The monoisotopic (exact) mass is 310 g/mol. The molecule has 18 heavy (non-hydrogen) atoms. The fraction of sp³-hybridized carbons (Fsp3) is 0.200. The smallest absolute Gasteiger partial charge is 0.321 e. The first-order valence-electron chi connectivity index (χ1n) is 4.80. The molecule has 0 saturated carbocycles. The van der Waals surface area contributed by atoms with Crippen LogP contribution in [0.3, 0.4) is 0 Å². The SMILES string of the molecule is O=CNC(=O)NCCOc1c(Cl)cc(Cl)cc1Cl. The molecular formula is C10H9Cl3N2O3. The Bertz CT molecular complexity index is 431. The number of hydrogen-bond acceptors (Lipinski definition) is 3. The molecule has 2 N–H and O–H groups in total. The third kappa shape index (κ3) is 4.60. The highest BCUT2D eigenvalue weighted by molar-refractivity contribution is 6.40. The number of amides is 3. The number of urea groups is 1. The highest BCUT2D eigenvalue weighted by Gasteiger charge is 2.09. The van der Waals surface area contributed by atoms with E-state index in [1.165, 1.54) is 12.1 Å². The Hall–Kier alpha value is -1.17. The van der Waals surface area contributed by atoms with Gasteiger partial charge >= 0.3 is 6.03 Å². The molecule has 1 rings (SSSR count). The molecule has 0 unspecified atom stereocenters. The molecule has 0 aliphatic carbocycles. The standard InChI is InChI=1S/C10H9Cl3N2O3/c11-6-3-7(12)9(8(13)4-6)18-2-1-14-10(17)15-5-16/h3-5H,1-2H2,(H2,14,15,16,17). The van der Waals surface area contributed by atoms with Gasteiger partial charge in [0.1, 0.15) is 6.61 Å². The van der Waals surface area contributed by atoms with Gasteiger partial charge in [0.2, 0.25) is 6.41 Å². The van der Waals surface area contributed by atoms with Crippen molar-refractivity contribution in [3.8, 4) is 5.75 Å². The maximum atomic E-state index is 10.9. The first-order valence-corrected chi connectivity index (χ1v) is 5.93. The van der Waals surface area contributed by atoms with Crippen molar-refractivity contribution in [3.05, 3.63) is 27.2 Å². The van der Waals surface area contributed by atoms with E-state index in [4.69, 9.17) is 39.5 Å². The summed E-state index contributed by atoms with van der Waals surface area (Å²) in [6.07, 6.45) is 0.281. The Kier molecular flexibility index (Phi) is 6.04. The number of carbonyl (C=O) groups excluding carboxylic acids is 2. The lowest BCUT2D eigenvalue weighted by atomic mass is 10.3. The summed E-state index contributed by atoms with van der Waals surface area (Å²) in [5.74, 6) is 0.292. The van der Waals surface area contributed by atoms with Gasteiger partial charge in [0, 0.05) is 5.02 Å². The van der Waals surface area contributed by atoms with Gasteiger partial charge in [-0.2, -0.15) is 0 Å². The van der Waals surface area contributed by atoms with Crippen LogP contribution in [-0.2, 0) is 4.79 Å². The average Bonchev–Trinajstić information content (AvgIpc) is 2.27. The van der Waals surface area contributed by atoms with Gasteiger partial charge in [0.25, 0.3) is 0 Å². The maximum Gasteiger partial charge on any atom is 0.321 e. The predicted octanol–water partition coefficient (Wildman–Crippen LogP) is 2.48. The lowest BCUT2D eigenvalue weighted by molar-refractivity contribution is -0.108. The van der Waals surface area contributed by atoms with Gasteiger partial charge in [-0.25, -0.2) is 4.79 Å². The second-order valence-electron chi connectivity index (χ2n) is 3.07. The second-order valence-corrected chi connectivity index (χ2v) is 4.32. The lowest BCUT2D eigenvalue weighted by Gasteiger charge is -2.10. The van der Waals surface area contributed by atoms with Crippen LogP contribution in [0.1, 0.15) is 0 Å². The fourth-order valence-corrected chi connectivity index (χ4v) is 2.02. The molecule has 0 radical (unpaired) electrons. The van der Waals surface area contributed by atoms with E-state index >= 15 is 0 Å². The minimum atomic E-state index is -0.609. The molecule has 0 heterocycles. The van der Waals surface area contributed by atoms with Crippen molar-refractivity contribution in [1.29, 1.82) is 0 Å². The number of hydrogen-bond donors (Lipinski definition) is 2. The number of halogens is 3. The Labute approximate surface area is 118 Å². The maximum absolute atomic E-state index is 10.9. The number of carbonyl (C=O) groups is 2. The van der Waals surface area contributed by atoms with Gasteiger partial charge in [0.15, 0.2) is 5.75 Å². The zero-order valence-corrected chi connectivity index (χ0v) is 11.3. The third-order valence-electron chi connectivity index (χ3n) is 1.79. The number of ether oxygens (including phenoxy) is 1. The van der Waals surface area contributed by atoms with Crippen LogP contribution in [0.25, 0.3) is 0 Å². The van der Waals surface area contributed by atoms with Gasteiger partial charge < -0.3 is 10.1 Å². The second kappa shape index (κ2) is 7.31. The first kappa shape index (κ1) is 14.9. The summed E-state index contributed by atoms with van der Waals surface area (Å²) in [5.41, 5.74) is 0. The molecular weight excluding hydrogens is 302 g/mol. The molecule has 0 aromatic heterocycles. The Morgan fingerprint density at radius 3 is 2.44 bits per heavy atom. The third-order valence-corrected chi connectivity index (χ3v) is 2.57. The molecule has 0 atom stereocenters. The molecule has 1 aromatic carbocycles. The van der Waals surface area contributed by atoms with Crippen LogP contribution in [0.15, 0.2) is 12.1 Å². The molecule has 98 valence electrons. The van der Waals surface area contributed by atoms with E-state index in [0.29, 0.717) is 10.8 Å². The molecule has 0 aliphatic heterocycles. The summed E-state index contributed by atoms with van der Waals surface area (Å²) in [6.45, 7) is 0.336. The number of imide groups is 1. The molecule has 0 saturated heterocycles. The van der Waals surface area contributed by atoms with Crippen LogP contribution in [-0.4, -0.2) is 25.6 Å².